The standard InChI is InChI=1S/C14H10BrClF2O2/c15-10-9(5-2-1-3-6(5)13(10)19)7-4-8(17)14(20)11(16)12(7)18/h4-6,20H,1-3H2. The van der Waals surface area contributed by atoms with E-state index in [1.807, 2.05) is 0 Å². The number of hydrogen-bond acceptors (Lipinski definition) is 2. The van der Waals surface area contributed by atoms with Gasteiger partial charge in [0.15, 0.2) is 23.2 Å². The van der Waals surface area contributed by atoms with Crippen LogP contribution in [-0.2, 0) is 4.79 Å². The molecule has 0 aliphatic heterocycles. The van der Waals surface area contributed by atoms with Gasteiger partial charge in [-0.3, -0.25) is 4.79 Å². The van der Waals surface area contributed by atoms with Crippen molar-refractivity contribution < 1.29 is 18.7 Å². The smallest absolute Gasteiger partial charge is 0.173 e. The van der Waals surface area contributed by atoms with Crippen molar-refractivity contribution in [2.45, 2.75) is 19.3 Å². The van der Waals surface area contributed by atoms with Crippen molar-refractivity contribution in [1.29, 1.82) is 0 Å². The Morgan fingerprint density at radius 3 is 2.65 bits per heavy atom. The molecule has 2 nitrogen and oxygen atoms in total. The molecule has 1 aromatic carbocycles. The quantitative estimate of drug-likeness (QED) is 0.750. The average Bonchev–Trinajstić information content (AvgIpc) is 2.97. The molecule has 1 N–H and O–H groups in total. The highest BCUT2D eigenvalue weighted by molar-refractivity contribution is 9.12. The van der Waals surface area contributed by atoms with Crippen LogP contribution in [0.3, 0.4) is 0 Å². The first-order valence-corrected chi connectivity index (χ1v) is 7.41. The van der Waals surface area contributed by atoms with Crippen LogP contribution in [0.25, 0.3) is 5.57 Å². The number of rotatable bonds is 1. The Bertz CT molecular complexity index is 657. The molecule has 2 atom stereocenters. The highest BCUT2D eigenvalue weighted by Crippen LogP contribution is 2.52. The van der Waals surface area contributed by atoms with E-state index >= 15 is 0 Å². The van der Waals surface area contributed by atoms with E-state index in [2.05, 4.69) is 15.9 Å². The van der Waals surface area contributed by atoms with Crippen molar-refractivity contribution in [3.63, 3.8) is 0 Å². The lowest BCUT2D eigenvalue weighted by Crippen LogP contribution is -2.10. The zero-order chi connectivity index (χ0) is 14.6. The second-order valence-corrected chi connectivity index (χ2v) is 6.29. The van der Waals surface area contributed by atoms with Gasteiger partial charge in [-0.05, 0) is 46.3 Å². The maximum atomic E-state index is 14.2. The largest absolute Gasteiger partial charge is 0.504 e. The summed E-state index contributed by atoms with van der Waals surface area (Å²) in [7, 11) is 0. The molecular formula is C14H10BrClF2O2. The molecule has 20 heavy (non-hydrogen) atoms. The van der Waals surface area contributed by atoms with Crippen molar-refractivity contribution in [3.8, 4) is 5.75 Å². The molecule has 0 aromatic heterocycles. The molecule has 0 saturated heterocycles. The fourth-order valence-corrected chi connectivity index (χ4v) is 4.17. The van der Waals surface area contributed by atoms with Crippen LogP contribution in [0.5, 0.6) is 5.75 Å². The molecule has 2 unspecified atom stereocenters. The third-order valence-corrected chi connectivity index (χ3v) is 5.26. The van der Waals surface area contributed by atoms with E-state index in [0.717, 1.165) is 25.3 Å². The van der Waals surface area contributed by atoms with Gasteiger partial charge in [0.2, 0.25) is 0 Å². The Balaban J connectivity index is 2.21. The van der Waals surface area contributed by atoms with Crippen LogP contribution in [0.15, 0.2) is 10.5 Å². The number of aromatic hydroxyl groups is 1. The van der Waals surface area contributed by atoms with E-state index < -0.39 is 22.4 Å². The van der Waals surface area contributed by atoms with Crippen molar-refractivity contribution in [1.82, 2.24) is 0 Å². The lowest BCUT2D eigenvalue weighted by atomic mass is 9.90. The summed E-state index contributed by atoms with van der Waals surface area (Å²) in [6, 6.07) is 0.904. The van der Waals surface area contributed by atoms with E-state index in [-0.39, 0.29) is 23.2 Å². The lowest BCUT2D eigenvalue weighted by molar-refractivity contribution is -0.118. The van der Waals surface area contributed by atoms with Gasteiger partial charge in [-0.15, -0.1) is 0 Å². The monoisotopic (exact) mass is 362 g/mol. The minimum absolute atomic E-state index is 0.0417. The molecule has 1 saturated carbocycles. The Morgan fingerprint density at radius 1 is 1.30 bits per heavy atom. The van der Waals surface area contributed by atoms with Crippen LogP contribution >= 0.6 is 27.5 Å². The van der Waals surface area contributed by atoms with Gasteiger partial charge in [-0.2, -0.15) is 0 Å². The molecule has 0 spiro atoms. The molecule has 1 aromatic rings. The fourth-order valence-electron chi connectivity index (χ4n) is 3.18. The Kier molecular flexibility index (Phi) is 3.37. The summed E-state index contributed by atoms with van der Waals surface area (Å²) < 4.78 is 28.1. The first-order chi connectivity index (χ1) is 9.43. The normalized spacial score (nSPS) is 25.5. The SMILES string of the molecule is O=C1C(Br)=C(c2cc(F)c(O)c(Cl)c2F)C2CCCC12. The second-order valence-electron chi connectivity index (χ2n) is 5.12. The van der Waals surface area contributed by atoms with E-state index in [1.165, 1.54) is 0 Å². The first-order valence-electron chi connectivity index (χ1n) is 6.24. The number of benzene rings is 1. The van der Waals surface area contributed by atoms with Crippen LogP contribution in [0.1, 0.15) is 24.8 Å². The van der Waals surface area contributed by atoms with Crippen molar-refractivity contribution in [2.75, 3.05) is 0 Å². The first kappa shape index (κ1) is 14.0. The Hall–Kier alpha value is -0.940. The third kappa shape index (κ3) is 1.83. The lowest BCUT2D eigenvalue weighted by Gasteiger charge is -2.15. The minimum Gasteiger partial charge on any atom is -0.504 e. The number of hydrogen-bond donors (Lipinski definition) is 1. The van der Waals surface area contributed by atoms with Crippen LogP contribution in [0.2, 0.25) is 5.02 Å². The molecule has 106 valence electrons. The van der Waals surface area contributed by atoms with Crippen LogP contribution in [-0.4, -0.2) is 10.9 Å². The van der Waals surface area contributed by atoms with Crippen LogP contribution in [0.4, 0.5) is 8.78 Å². The van der Waals surface area contributed by atoms with Gasteiger partial charge in [-0.1, -0.05) is 18.0 Å². The molecule has 1 fully saturated rings. The number of Topliss-reactive ketones (excluding diaryl/α,β-unsaturated/α-hetero) is 1. The van der Waals surface area contributed by atoms with Crippen molar-refractivity contribution >= 4 is 38.9 Å². The van der Waals surface area contributed by atoms with Crippen molar-refractivity contribution in [2.24, 2.45) is 11.8 Å². The molecular weight excluding hydrogens is 354 g/mol. The van der Waals surface area contributed by atoms with Gasteiger partial charge in [0.25, 0.3) is 0 Å². The molecule has 0 bridgehead atoms. The van der Waals surface area contributed by atoms with Gasteiger partial charge in [-0.25, -0.2) is 8.78 Å². The third-order valence-electron chi connectivity index (χ3n) is 4.10. The summed E-state index contributed by atoms with van der Waals surface area (Å²) in [5, 5.41) is 8.67. The summed E-state index contributed by atoms with van der Waals surface area (Å²) in [6.45, 7) is 0. The van der Waals surface area contributed by atoms with Gasteiger partial charge in [0.1, 0.15) is 5.02 Å². The van der Waals surface area contributed by atoms with Gasteiger partial charge in [0, 0.05) is 11.5 Å². The number of fused-ring (bicyclic) bond motifs is 1. The van der Waals surface area contributed by atoms with E-state index in [9.17, 15) is 18.7 Å². The summed E-state index contributed by atoms with van der Waals surface area (Å²) in [6.07, 6.45) is 2.42. The van der Waals surface area contributed by atoms with Gasteiger partial charge in [0.05, 0.1) is 4.48 Å². The summed E-state index contributed by atoms with van der Waals surface area (Å²) in [5.41, 5.74) is 0.427. The van der Waals surface area contributed by atoms with E-state index in [4.69, 9.17) is 11.6 Å². The minimum atomic E-state index is -0.993. The number of carbonyl (C=O) groups excluding carboxylic acids is 1. The molecule has 3 rings (SSSR count). The van der Waals surface area contributed by atoms with Gasteiger partial charge >= 0.3 is 0 Å². The van der Waals surface area contributed by atoms with Crippen molar-refractivity contribution in [3.05, 3.63) is 32.8 Å². The molecule has 0 amide bonds. The molecule has 2 aliphatic carbocycles. The maximum absolute atomic E-state index is 14.2. The number of halogens is 4. The van der Waals surface area contributed by atoms with Gasteiger partial charge < -0.3 is 5.11 Å². The van der Waals surface area contributed by atoms with Crippen LogP contribution < -0.4 is 0 Å². The van der Waals surface area contributed by atoms with E-state index in [0.29, 0.717) is 10.1 Å². The number of allylic oxidation sites excluding steroid dienone is 2. The van der Waals surface area contributed by atoms with Crippen LogP contribution in [0, 0.1) is 23.5 Å². The number of ketones is 1. The maximum Gasteiger partial charge on any atom is 0.173 e. The average molecular weight is 364 g/mol. The molecule has 6 heteroatoms. The fraction of sp³-hybridized carbons (Fsp3) is 0.357. The summed E-state index contributed by atoms with van der Waals surface area (Å²) in [4.78, 5) is 12.1. The summed E-state index contributed by atoms with van der Waals surface area (Å²) >= 11 is 8.81. The zero-order valence-electron chi connectivity index (χ0n) is 10.2. The zero-order valence-corrected chi connectivity index (χ0v) is 12.6. The molecule has 0 radical (unpaired) electrons. The topological polar surface area (TPSA) is 37.3 Å². The molecule has 0 heterocycles. The number of phenolic OH excluding ortho intramolecular Hbond substituents is 1. The highest BCUT2D eigenvalue weighted by atomic mass is 79.9. The highest BCUT2D eigenvalue weighted by Gasteiger charge is 2.45. The number of carbonyl (C=O) groups is 1. The Morgan fingerprint density at radius 2 is 1.95 bits per heavy atom. The number of phenols is 1. The predicted octanol–water partition coefficient (Wildman–Crippen LogP) is 4.43. The van der Waals surface area contributed by atoms with E-state index in [1.54, 1.807) is 0 Å². The second kappa shape index (κ2) is 4.81. The molecule has 2 aliphatic rings. The predicted molar refractivity (Wildman–Crippen MR) is 74.7 cm³/mol. The summed E-state index contributed by atoms with van der Waals surface area (Å²) in [5.74, 6) is -3.12. The Labute approximate surface area is 127 Å².